The molecule has 6 heteroatoms. The molecular weight excluding hydrogens is 428 g/mol. The van der Waals surface area contributed by atoms with Gasteiger partial charge in [0, 0.05) is 31.0 Å². The molecule has 3 aromatic rings. The van der Waals surface area contributed by atoms with Crippen molar-refractivity contribution in [3.8, 4) is 5.75 Å². The Kier molecular flexibility index (Phi) is 5.57. The van der Waals surface area contributed by atoms with E-state index in [1.165, 1.54) is 4.90 Å². The molecule has 0 aliphatic carbocycles. The molecule has 34 heavy (non-hydrogen) atoms. The number of benzene rings is 3. The fraction of sp³-hybridized carbons (Fsp3) is 0.214. The lowest BCUT2D eigenvalue weighted by Gasteiger charge is -2.26. The quantitative estimate of drug-likeness (QED) is 0.351. The number of hydrogen-bond donors (Lipinski definition) is 1. The molecule has 2 aliphatic rings. The average molecular weight is 455 g/mol. The molecule has 1 saturated heterocycles. The second kappa shape index (κ2) is 8.71. The number of aliphatic hydroxyl groups is 1. The largest absolute Gasteiger partial charge is 0.507 e. The molecule has 1 atom stereocenters. The number of carbonyl (C=O) groups is 2. The van der Waals surface area contributed by atoms with E-state index in [-0.39, 0.29) is 11.3 Å². The Morgan fingerprint density at radius 2 is 1.74 bits per heavy atom. The molecular formula is C28H26N2O4. The van der Waals surface area contributed by atoms with Gasteiger partial charge in [0.2, 0.25) is 0 Å². The second-order valence-electron chi connectivity index (χ2n) is 8.77. The van der Waals surface area contributed by atoms with E-state index in [4.69, 9.17) is 4.74 Å². The van der Waals surface area contributed by atoms with E-state index in [0.29, 0.717) is 17.9 Å². The molecule has 3 aromatic carbocycles. The van der Waals surface area contributed by atoms with Crippen LogP contribution in [0.15, 0.2) is 78.4 Å². The first kappa shape index (κ1) is 21.8. The molecule has 0 spiro atoms. The van der Waals surface area contributed by atoms with Gasteiger partial charge >= 0.3 is 0 Å². The van der Waals surface area contributed by atoms with Crippen molar-refractivity contribution in [2.75, 3.05) is 30.5 Å². The smallest absolute Gasteiger partial charge is 0.300 e. The average Bonchev–Trinajstić information content (AvgIpc) is 3.14. The SMILES string of the molecule is CN(C)c1ccc(C2/C(=C(/O)c3ccc4c(c3)CCCO4)C(=O)C(=O)N2c2ccccc2)cc1. The van der Waals surface area contributed by atoms with Crippen LogP contribution in [0.5, 0.6) is 5.75 Å². The highest BCUT2D eigenvalue weighted by Gasteiger charge is 2.47. The molecule has 5 rings (SSSR count). The van der Waals surface area contributed by atoms with Crippen LogP contribution in [0.2, 0.25) is 0 Å². The van der Waals surface area contributed by atoms with E-state index >= 15 is 0 Å². The highest BCUT2D eigenvalue weighted by atomic mass is 16.5. The van der Waals surface area contributed by atoms with Crippen molar-refractivity contribution in [2.45, 2.75) is 18.9 Å². The van der Waals surface area contributed by atoms with Crippen molar-refractivity contribution in [2.24, 2.45) is 0 Å². The maximum absolute atomic E-state index is 13.3. The van der Waals surface area contributed by atoms with E-state index < -0.39 is 17.7 Å². The standard InChI is InChI=1S/C28H26N2O4/c1-29(2)21-13-10-18(11-14-21)25-24(27(32)28(33)30(25)22-8-4-3-5-9-22)26(31)20-12-15-23-19(17-20)7-6-16-34-23/h3-5,8-15,17,25,31H,6-7,16H2,1-2H3/b26-24-. The van der Waals surface area contributed by atoms with Gasteiger partial charge in [0.15, 0.2) is 0 Å². The van der Waals surface area contributed by atoms with Crippen LogP contribution in [0.25, 0.3) is 5.76 Å². The summed E-state index contributed by atoms with van der Waals surface area (Å²) >= 11 is 0. The highest BCUT2D eigenvalue weighted by Crippen LogP contribution is 2.42. The van der Waals surface area contributed by atoms with Crippen molar-refractivity contribution in [3.05, 3.63) is 95.1 Å². The van der Waals surface area contributed by atoms with E-state index in [2.05, 4.69) is 0 Å². The number of aliphatic hydroxyl groups excluding tert-OH is 1. The lowest BCUT2D eigenvalue weighted by molar-refractivity contribution is -0.132. The molecule has 1 amide bonds. The third-order valence-corrected chi connectivity index (χ3v) is 6.39. The molecule has 1 fully saturated rings. The molecule has 0 radical (unpaired) electrons. The zero-order valence-electron chi connectivity index (χ0n) is 19.2. The Bertz CT molecular complexity index is 1280. The Balaban J connectivity index is 1.67. The predicted molar refractivity (Wildman–Crippen MR) is 132 cm³/mol. The van der Waals surface area contributed by atoms with Crippen LogP contribution in [0.1, 0.15) is 29.2 Å². The van der Waals surface area contributed by atoms with Crippen LogP contribution >= 0.6 is 0 Å². The first-order valence-corrected chi connectivity index (χ1v) is 11.3. The number of hydrogen-bond acceptors (Lipinski definition) is 5. The minimum Gasteiger partial charge on any atom is -0.507 e. The summed E-state index contributed by atoms with van der Waals surface area (Å²) in [4.78, 5) is 30.0. The monoisotopic (exact) mass is 454 g/mol. The van der Waals surface area contributed by atoms with Crippen LogP contribution < -0.4 is 14.5 Å². The summed E-state index contributed by atoms with van der Waals surface area (Å²) in [7, 11) is 3.90. The van der Waals surface area contributed by atoms with Gasteiger partial charge < -0.3 is 14.7 Å². The number of ether oxygens (including phenoxy) is 1. The van der Waals surface area contributed by atoms with Crippen molar-refractivity contribution in [1.29, 1.82) is 0 Å². The Morgan fingerprint density at radius 1 is 1.00 bits per heavy atom. The highest BCUT2D eigenvalue weighted by molar-refractivity contribution is 6.51. The molecule has 2 aliphatic heterocycles. The number of rotatable bonds is 4. The van der Waals surface area contributed by atoms with Crippen molar-refractivity contribution < 1.29 is 19.4 Å². The lowest BCUT2D eigenvalue weighted by atomic mass is 9.93. The first-order chi connectivity index (χ1) is 16.5. The van der Waals surface area contributed by atoms with Crippen LogP contribution in [-0.2, 0) is 16.0 Å². The first-order valence-electron chi connectivity index (χ1n) is 11.3. The van der Waals surface area contributed by atoms with Gasteiger partial charge in [-0.1, -0.05) is 30.3 Å². The van der Waals surface area contributed by atoms with Crippen LogP contribution in [-0.4, -0.2) is 37.5 Å². The van der Waals surface area contributed by atoms with Crippen molar-refractivity contribution in [1.82, 2.24) is 0 Å². The second-order valence-corrected chi connectivity index (χ2v) is 8.77. The maximum atomic E-state index is 13.3. The van der Waals surface area contributed by atoms with Gasteiger partial charge in [0.05, 0.1) is 18.2 Å². The zero-order valence-corrected chi connectivity index (χ0v) is 19.2. The summed E-state index contributed by atoms with van der Waals surface area (Å²) in [5, 5.41) is 11.4. The van der Waals surface area contributed by atoms with Gasteiger partial charge in [0.25, 0.3) is 11.7 Å². The third-order valence-electron chi connectivity index (χ3n) is 6.39. The number of para-hydroxylation sites is 1. The Labute approximate surface area is 198 Å². The summed E-state index contributed by atoms with van der Waals surface area (Å²) in [6.45, 7) is 0.670. The summed E-state index contributed by atoms with van der Waals surface area (Å²) < 4.78 is 5.69. The van der Waals surface area contributed by atoms with E-state index in [0.717, 1.165) is 35.4 Å². The van der Waals surface area contributed by atoms with Gasteiger partial charge in [-0.2, -0.15) is 0 Å². The summed E-state index contributed by atoms with van der Waals surface area (Å²) in [5.41, 5.74) is 3.92. The van der Waals surface area contributed by atoms with Crippen molar-refractivity contribution >= 4 is 28.8 Å². The summed E-state index contributed by atoms with van der Waals surface area (Å²) in [6, 6.07) is 21.4. The van der Waals surface area contributed by atoms with Gasteiger partial charge in [0.1, 0.15) is 11.5 Å². The zero-order chi connectivity index (χ0) is 23.8. The minimum atomic E-state index is -0.745. The van der Waals surface area contributed by atoms with E-state index in [1.807, 2.05) is 73.6 Å². The van der Waals surface area contributed by atoms with Crippen molar-refractivity contribution in [3.63, 3.8) is 0 Å². The number of carbonyl (C=O) groups excluding carboxylic acids is 2. The normalized spacial score (nSPS) is 19.0. The van der Waals surface area contributed by atoms with Crippen LogP contribution in [0, 0.1) is 0 Å². The number of anilines is 2. The Morgan fingerprint density at radius 3 is 2.44 bits per heavy atom. The molecule has 1 N–H and O–H groups in total. The molecule has 172 valence electrons. The molecule has 6 nitrogen and oxygen atoms in total. The predicted octanol–water partition coefficient (Wildman–Crippen LogP) is 4.70. The maximum Gasteiger partial charge on any atom is 0.300 e. The van der Waals surface area contributed by atoms with E-state index in [1.54, 1.807) is 18.2 Å². The topological polar surface area (TPSA) is 70.1 Å². The fourth-order valence-electron chi connectivity index (χ4n) is 4.62. The van der Waals surface area contributed by atoms with Gasteiger partial charge in [-0.05, 0) is 66.4 Å². The van der Waals surface area contributed by atoms with Gasteiger partial charge in [-0.3, -0.25) is 14.5 Å². The lowest BCUT2D eigenvalue weighted by Crippen LogP contribution is -2.29. The van der Waals surface area contributed by atoms with Crippen LogP contribution in [0.4, 0.5) is 11.4 Å². The van der Waals surface area contributed by atoms with Gasteiger partial charge in [-0.25, -0.2) is 0 Å². The number of fused-ring (bicyclic) bond motifs is 1. The fourth-order valence-corrected chi connectivity index (χ4v) is 4.62. The third kappa shape index (κ3) is 3.71. The molecule has 1 unspecified atom stereocenters. The summed E-state index contributed by atoms with van der Waals surface area (Å²) in [6.07, 6.45) is 1.73. The molecule has 0 bridgehead atoms. The minimum absolute atomic E-state index is 0.0862. The van der Waals surface area contributed by atoms with Crippen LogP contribution in [0.3, 0.4) is 0 Å². The number of nitrogens with zero attached hydrogens (tertiary/aromatic N) is 2. The molecule has 0 aromatic heterocycles. The number of aryl methyl sites for hydroxylation is 1. The molecule has 0 saturated carbocycles. The Hall–Kier alpha value is -4.06. The molecule has 2 heterocycles. The van der Waals surface area contributed by atoms with E-state index in [9.17, 15) is 14.7 Å². The van der Waals surface area contributed by atoms with Gasteiger partial charge in [-0.15, -0.1) is 0 Å². The summed E-state index contributed by atoms with van der Waals surface area (Å²) in [5.74, 6) is -0.733. The number of amides is 1. The number of ketones is 1. The number of Topliss-reactive ketones (excluding diaryl/α,β-unsaturated/α-hetero) is 1.